The van der Waals surface area contributed by atoms with Crippen LogP contribution >= 0.6 is 0 Å². The molecule has 0 fully saturated rings. The van der Waals surface area contributed by atoms with Crippen LogP contribution in [0.5, 0.6) is 5.88 Å². The van der Waals surface area contributed by atoms with Crippen LogP contribution in [0.1, 0.15) is 5.56 Å². The van der Waals surface area contributed by atoms with Gasteiger partial charge in [0.05, 0.1) is 5.56 Å². The minimum Gasteiger partial charge on any atom is -0.471 e. The lowest BCUT2D eigenvalue weighted by Gasteiger charge is -2.16. The molecule has 0 aliphatic rings. The van der Waals surface area contributed by atoms with Gasteiger partial charge in [-0.1, -0.05) is 0 Å². The predicted molar refractivity (Wildman–Crippen MR) is 52.8 cm³/mol. The van der Waals surface area contributed by atoms with Gasteiger partial charge in [-0.05, 0) is 6.92 Å². The highest BCUT2D eigenvalue weighted by Crippen LogP contribution is 2.26. The van der Waals surface area contributed by atoms with Gasteiger partial charge in [0.25, 0.3) is 0 Å². The zero-order valence-electron chi connectivity index (χ0n) is 9.18. The minimum atomic E-state index is -4.20. The van der Waals surface area contributed by atoms with Gasteiger partial charge >= 0.3 is 12.3 Å². The van der Waals surface area contributed by atoms with E-state index in [-0.39, 0.29) is 5.88 Å². The summed E-state index contributed by atoms with van der Waals surface area (Å²) >= 11 is 0. The molecular formula is C9H11F4N3O. The molecule has 1 aromatic rings. The molecule has 96 valence electrons. The van der Waals surface area contributed by atoms with E-state index in [1.165, 1.54) is 6.92 Å². The third kappa shape index (κ3) is 3.18. The van der Waals surface area contributed by atoms with Crippen molar-refractivity contribution in [2.24, 2.45) is 0 Å². The van der Waals surface area contributed by atoms with Crippen molar-refractivity contribution in [1.82, 2.24) is 9.97 Å². The summed E-state index contributed by atoms with van der Waals surface area (Å²) in [6, 6.07) is 0. The van der Waals surface area contributed by atoms with Crippen molar-refractivity contribution in [2.75, 3.05) is 19.0 Å². The first-order valence-corrected chi connectivity index (χ1v) is 4.66. The maximum atomic E-state index is 12.6. The Labute approximate surface area is 95.0 Å². The van der Waals surface area contributed by atoms with Crippen molar-refractivity contribution in [1.29, 1.82) is 0 Å². The summed E-state index contributed by atoms with van der Waals surface area (Å²) in [5, 5.41) is 2.69. The molecular weight excluding hydrogens is 242 g/mol. The van der Waals surface area contributed by atoms with E-state index in [0.29, 0.717) is 11.4 Å². The van der Waals surface area contributed by atoms with Crippen molar-refractivity contribution >= 4 is 5.82 Å². The number of rotatable bonds is 5. The fourth-order valence-electron chi connectivity index (χ4n) is 1.06. The molecule has 17 heavy (non-hydrogen) atoms. The van der Waals surface area contributed by atoms with Gasteiger partial charge in [-0.2, -0.15) is 8.78 Å². The topological polar surface area (TPSA) is 47.0 Å². The smallest absolute Gasteiger partial charge is 0.340 e. The van der Waals surface area contributed by atoms with Crippen LogP contribution in [0.15, 0.2) is 6.33 Å². The Hall–Kier alpha value is -1.60. The fourth-order valence-corrected chi connectivity index (χ4v) is 1.06. The lowest BCUT2D eigenvalue weighted by molar-refractivity contribution is -0.148. The highest BCUT2D eigenvalue weighted by atomic mass is 19.3. The number of hydrogen-bond acceptors (Lipinski definition) is 4. The van der Waals surface area contributed by atoms with Crippen LogP contribution in [0.25, 0.3) is 0 Å². The number of nitrogens with one attached hydrogen (secondary N) is 1. The standard InChI is InChI=1S/C9H11F4N3O/c1-5-6(14-2)15-4-16-7(5)17-3-9(12,13)8(10)11/h4,8H,3H2,1-2H3,(H,14,15,16). The van der Waals surface area contributed by atoms with E-state index >= 15 is 0 Å². The molecule has 1 N–H and O–H groups in total. The normalized spacial score (nSPS) is 11.7. The van der Waals surface area contributed by atoms with Crippen LogP contribution in [0, 0.1) is 6.92 Å². The Kier molecular flexibility index (Phi) is 4.08. The monoisotopic (exact) mass is 253 g/mol. The number of halogens is 4. The summed E-state index contributed by atoms with van der Waals surface area (Å²) in [5.41, 5.74) is 0.375. The molecule has 0 atom stereocenters. The van der Waals surface area contributed by atoms with Gasteiger partial charge in [-0.15, -0.1) is 0 Å². The molecule has 0 amide bonds. The summed E-state index contributed by atoms with van der Waals surface area (Å²) < 4.78 is 53.6. The molecule has 0 aromatic carbocycles. The molecule has 0 unspecified atom stereocenters. The van der Waals surface area contributed by atoms with Crippen LogP contribution < -0.4 is 10.1 Å². The highest BCUT2D eigenvalue weighted by molar-refractivity contribution is 5.46. The van der Waals surface area contributed by atoms with E-state index < -0.39 is 19.0 Å². The largest absolute Gasteiger partial charge is 0.471 e. The fraction of sp³-hybridized carbons (Fsp3) is 0.556. The number of hydrogen-bond donors (Lipinski definition) is 1. The van der Waals surface area contributed by atoms with Crippen molar-refractivity contribution in [3.8, 4) is 5.88 Å². The molecule has 4 nitrogen and oxygen atoms in total. The number of alkyl halides is 4. The number of ether oxygens (including phenoxy) is 1. The quantitative estimate of drug-likeness (QED) is 0.816. The van der Waals surface area contributed by atoms with Crippen LogP contribution in [0.4, 0.5) is 23.4 Å². The van der Waals surface area contributed by atoms with Crippen LogP contribution in [0.2, 0.25) is 0 Å². The molecule has 0 aliphatic carbocycles. The average molecular weight is 253 g/mol. The molecule has 0 radical (unpaired) electrons. The van der Waals surface area contributed by atoms with Crippen LogP contribution in [-0.2, 0) is 0 Å². The lowest BCUT2D eigenvalue weighted by atomic mass is 10.3. The van der Waals surface area contributed by atoms with Crippen molar-refractivity contribution in [3.63, 3.8) is 0 Å². The maximum absolute atomic E-state index is 12.6. The maximum Gasteiger partial charge on any atom is 0.340 e. The van der Waals surface area contributed by atoms with Gasteiger partial charge in [-0.3, -0.25) is 0 Å². The molecule has 1 aromatic heterocycles. The predicted octanol–water partition coefficient (Wildman–Crippen LogP) is 2.11. The number of anilines is 1. The highest BCUT2D eigenvalue weighted by Gasteiger charge is 2.42. The summed E-state index contributed by atoms with van der Waals surface area (Å²) in [5.74, 6) is -3.96. The first-order valence-electron chi connectivity index (χ1n) is 4.66. The van der Waals surface area contributed by atoms with Crippen LogP contribution in [-0.4, -0.2) is 36.0 Å². The van der Waals surface area contributed by atoms with Crippen molar-refractivity contribution in [2.45, 2.75) is 19.3 Å². The molecule has 0 aliphatic heterocycles. The first-order chi connectivity index (χ1) is 7.88. The summed E-state index contributed by atoms with van der Waals surface area (Å²) in [4.78, 5) is 7.40. The molecule has 0 saturated heterocycles. The molecule has 0 spiro atoms. The van der Waals surface area contributed by atoms with E-state index in [1.54, 1.807) is 7.05 Å². The van der Waals surface area contributed by atoms with E-state index in [9.17, 15) is 17.6 Å². The second-order valence-corrected chi connectivity index (χ2v) is 3.25. The molecule has 0 bridgehead atoms. The third-order valence-corrected chi connectivity index (χ3v) is 2.00. The van der Waals surface area contributed by atoms with Gasteiger partial charge in [-0.25, -0.2) is 18.7 Å². The van der Waals surface area contributed by atoms with E-state index in [0.717, 1.165) is 6.33 Å². The Morgan fingerprint density at radius 1 is 1.41 bits per heavy atom. The lowest BCUT2D eigenvalue weighted by Crippen LogP contribution is -2.34. The van der Waals surface area contributed by atoms with Crippen LogP contribution in [0.3, 0.4) is 0 Å². The van der Waals surface area contributed by atoms with Gasteiger partial charge in [0, 0.05) is 7.05 Å². The zero-order valence-corrected chi connectivity index (χ0v) is 9.18. The van der Waals surface area contributed by atoms with Crippen molar-refractivity contribution in [3.05, 3.63) is 11.9 Å². The second-order valence-electron chi connectivity index (χ2n) is 3.25. The molecule has 1 heterocycles. The Morgan fingerprint density at radius 3 is 2.59 bits per heavy atom. The van der Waals surface area contributed by atoms with Gasteiger partial charge < -0.3 is 10.1 Å². The summed E-state index contributed by atoms with van der Waals surface area (Å²) in [6.45, 7) is 0.105. The Bertz CT molecular complexity index is 387. The number of nitrogens with zero attached hydrogens (tertiary/aromatic N) is 2. The molecule has 8 heteroatoms. The minimum absolute atomic E-state index is 0.148. The van der Waals surface area contributed by atoms with Gasteiger partial charge in [0.2, 0.25) is 5.88 Å². The summed E-state index contributed by atoms with van der Waals surface area (Å²) in [7, 11) is 1.58. The number of aromatic nitrogens is 2. The summed E-state index contributed by atoms with van der Waals surface area (Å²) in [6.07, 6.45) is -2.68. The van der Waals surface area contributed by atoms with E-state index in [2.05, 4.69) is 20.0 Å². The SMILES string of the molecule is CNc1ncnc(OCC(F)(F)C(F)F)c1C. The van der Waals surface area contributed by atoms with Gasteiger partial charge in [0.1, 0.15) is 12.1 Å². The third-order valence-electron chi connectivity index (χ3n) is 2.00. The van der Waals surface area contributed by atoms with Crippen molar-refractivity contribution < 1.29 is 22.3 Å². The Morgan fingerprint density at radius 2 is 2.06 bits per heavy atom. The van der Waals surface area contributed by atoms with E-state index in [1.807, 2.05) is 0 Å². The van der Waals surface area contributed by atoms with E-state index in [4.69, 9.17) is 0 Å². The van der Waals surface area contributed by atoms with Gasteiger partial charge in [0.15, 0.2) is 6.61 Å². The average Bonchev–Trinajstić information content (AvgIpc) is 2.27. The Balaban J connectivity index is 2.76. The second kappa shape index (κ2) is 5.15. The molecule has 0 saturated carbocycles. The zero-order chi connectivity index (χ0) is 13.1. The first kappa shape index (κ1) is 13.5. The molecule has 1 rings (SSSR count).